The smallest absolute Gasteiger partial charge is 0.163 e. The number of likely N-dealkylation sites (N-methyl/N-ethyl adjacent to an activating group) is 1. The van der Waals surface area contributed by atoms with Crippen molar-refractivity contribution in [3.8, 4) is 28.4 Å². The summed E-state index contributed by atoms with van der Waals surface area (Å²) < 4.78 is 11.3. The lowest BCUT2D eigenvalue weighted by molar-refractivity contribution is 0.0895. The molecule has 2 aliphatic rings. The highest BCUT2D eigenvalue weighted by molar-refractivity contribution is 6.33. The Morgan fingerprint density at radius 2 is 2.00 bits per heavy atom. The van der Waals surface area contributed by atoms with Gasteiger partial charge in [0.25, 0.3) is 0 Å². The van der Waals surface area contributed by atoms with Crippen LogP contribution in [0.3, 0.4) is 0 Å². The van der Waals surface area contributed by atoms with Crippen molar-refractivity contribution in [1.29, 1.82) is 0 Å². The Bertz CT molecular complexity index is 1210. The Hall–Kier alpha value is -2.68. The fourth-order valence-corrected chi connectivity index (χ4v) is 5.36. The number of halogens is 1. The van der Waals surface area contributed by atoms with Crippen LogP contribution in [0.4, 0.5) is 5.82 Å². The summed E-state index contributed by atoms with van der Waals surface area (Å²) in [5.74, 6) is 2.78. The van der Waals surface area contributed by atoms with Gasteiger partial charge in [0, 0.05) is 36.2 Å². The van der Waals surface area contributed by atoms with Crippen LogP contribution < -0.4 is 15.0 Å². The SMILES string of the molecule is CNC[C@@H](O)COc1ccc(Cl)c(-c2nc(-c3c(C)noc3C)c(C)c(N3CC4(CCC4)C3)n2)c1. The summed E-state index contributed by atoms with van der Waals surface area (Å²) in [6.07, 6.45) is 3.29. The highest BCUT2D eigenvalue weighted by Crippen LogP contribution is 2.50. The van der Waals surface area contributed by atoms with Crippen LogP contribution >= 0.6 is 11.6 Å². The molecule has 1 spiro atoms. The topological polar surface area (TPSA) is 96.5 Å². The second kappa shape index (κ2) is 9.41. The number of aryl methyl sites for hydroxylation is 2. The minimum Gasteiger partial charge on any atom is -0.491 e. The van der Waals surface area contributed by atoms with E-state index in [4.69, 9.17) is 30.8 Å². The first-order valence-electron chi connectivity index (χ1n) is 12.1. The number of anilines is 1. The van der Waals surface area contributed by atoms with Crippen LogP contribution in [0.15, 0.2) is 22.7 Å². The molecule has 9 heteroatoms. The zero-order valence-electron chi connectivity index (χ0n) is 20.7. The molecule has 2 aromatic heterocycles. The van der Waals surface area contributed by atoms with E-state index in [9.17, 15) is 5.11 Å². The van der Waals surface area contributed by atoms with Crippen LogP contribution in [0.2, 0.25) is 5.02 Å². The number of ether oxygens (including phenoxy) is 1. The zero-order chi connectivity index (χ0) is 24.7. The van der Waals surface area contributed by atoms with E-state index >= 15 is 0 Å². The van der Waals surface area contributed by atoms with Gasteiger partial charge in [-0.1, -0.05) is 23.2 Å². The quantitative estimate of drug-likeness (QED) is 0.474. The van der Waals surface area contributed by atoms with Gasteiger partial charge in [-0.3, -0.25) is 0 Å². The van der Waals surface area contributed by atoms with Crippen molar-refractivity contribution < 1.29 is 14.4 Å². The molecule has 35 heavy (non-hydrogen) atoms. The van der Waals surface area contributed by atoms with Crippen molar-refractivity contribution in [3.05, 3.63) is 40.2 Å². The van der Waals surface area contributed by atoms with E-state index in [1.54, 1.807) is 19.2 Å². The van der Waals surface area contributed by atoms with Gasteiger partial charge in [-0.15, -0.1) is 0 Å². The normalized spacial score (nSPS) is 17.3. The van der Waals surface area contributed by atoms with E-state index in [1.165, 1.54) is 19.3 Å². The van der Waals surface area contributed by atoms with E-state index in [-0.39, 0.29) is 6.61 Å². The fourth-order valence-electron chi connectivity index (χ4n) is 5.16. The molecule has 0 bridgehead atoms. The Kier molecular flexibility index (Phi) is 6.46. The highest BCUT2D eigenvalue weighted by Gasteiger charge is 2.48. The monoisotopic (exact) mass is 497 g/mol. The van der Waals surface area contributed by atoms with Crippen molar-refractivity contribution >= 4 is 17.4 Å². The number of hydrogen-bond donors (Lipinski definition) is 2. The molecule has 3 heterocycles. The largest absolute Gasteiger partial charge is 0.491 e. The highest BCUT2D eigenvalue weighted by atomic mass is 35.5. The second-order valence-electron chi connectivity index (χ2n) is 9.92. The third-order valence-electron chi connectivity index (χ3n) is 7.22. The van der Waals surface area contributed by atoms with Crippen LogP contribution in [-0.2, 0) is 0 Å². The van der Waals surface area contributed by atoms with Crippen LogP contribution in [0.25, 0.3) is 22.6 Å². The third-order valence-corrected chi connectivity index (χ3v) is 7.55. The van der Waals surface area contributed by atoms with Gasteiger partial charge in [-0.2, -0.15) is 0 Å². The molecule has 0 amide bonds. The standard InChI is InChI=1S/C26H32ClN5O3/c1-15-23(22-16(2)31-35-17(22)3)29-24(30-25(15)32-13-26(14-32)8-5-9-26)20-10-19(6-7-21(20)27)34-12-18(33)11-28-4/h6-7,10,18,28,33H,5,8-9,11-14H2,1-4H3/t18-/m1/s1. The second-order valence-corrected chi connectivity index (χ2v) is 10.3. The Morgan fingerprint density at radius 3 is 2.63 bits per heavy atom. The van der Waals surface area contributed by atoms with Gasteiger partial charge in [0.05, 0.1) is 22.0 Å². The fraction of sp³-hybridized carbons (Fsp3) is 0.500. The van der Waals surface area contributed by atoms with E-state index < -0.39 is 6.10 Å². The molecule has 0 unspecified atom stereocenters. The molecule has 2 N–H and O–H groups in total. The van der Waals surface area contributed by atoms with E-state index in [1.807, 2.05) is 19.9 Å². The van der Waals surface area contributed by atoms with Gasteiger partial charge in [0.2, 0.25) is 0 Å². The van der Waals surface area contributed by atoms with Crippen molar-refractivity contribution in [2.75, 3.05) is 38.2 Å². The Morgan fingerprint density at radius 1 is 1.23 bits per heavy atom. The maximum Gasteiger partial charge on any atom is 0.163 e. The number of nitrogens with zero attached hydrogens (tertiary/aromatic N) is 4. The first kappa shape index (κ1) is 24.0. The zero-order valence-corrected chi connectivity index (χ0v) is 21.4. The van der Waals surface area contributed by atoms with Crippen molar-refractivity contribution in [2.24, 2.45) is 5.41 Å². The molecule has 0 radical (unpaired) electrons. The van der Waals surface area contributed by atoms with Crippen molar-refractivity contribution in [1.82, 2.24) is 20.4 Å². The van der Waals surface area contributed by atoms with Crippen LogP contribution in [0.1, 0.15) is 36.3 Å². The lowest BCUT2D eigenvalue weighted by atomic mass is 9.63. The number of aromatic nitrogens is 3. The summed E-state index contributed by atoms with van der Waals surface area (Å²) in [7, 11) is 1.79. The number of rotatable bonds is 8. The predicted molar refractivity (Wildman–Crippen MR) is 136 cm³/mol. The average molecular weight is 498 g/mol. The number of benzene rings is 1. The van der Waals surface area contributed by atoms with Gasteiger partial charge in [0.15, 0.2) is 5.82 Å². The first-order chi connectivity index (χ1) is 16.8. The molecule has 3 aromatic rings. The summed E-state index contributed by atoms with van der Waals surface area (Å²) in [5.41, 5.74) is 4.64. The number of hydrogen-bond acceptors (Lipinski definition) is 8. The summed E-state index contributed by atoms with van der Waals surface area (Å²) in [5, 5.41) is 17.6. The number of aliphatic hydroxyl groups excluding tert-OH is 1. The minimum atomic E-state index is -0.613. The van der Waals surface area contributed by atoms with Crippen molar-refractivity contribution in [2.45, 2.75) is 46.1 Å². The molecule has 1 atom stereocenters. The maximum absolute atomic E-state index is 10.0. The molecule has 1 aliphatic carbocycles. The molecule has 1 saturated carbocycles. The summed E-state index contributed by atoms with van der Waals surface area (Å²) >= 11 is 6.64. The first-order valence-corrected chi connectivity index (χ1v) is 12.5. The van der Waals surface area contributed by atoms with Crippen molar-refractivity contribution in [3.63, 3.8) is 0 Å². The average Bonchev–Trinajstić information content (AvgIpc) is 3.10. The van der Waals surface area contributed by atoms with E-state index in [2.05, 4.69) is 22.3 Å². The summed E-state index contributed by atoms with van der Waals surface area (Å²) in [6.45, 7) is 8.55. The molecule has 186 valence electrons. The third kappa shape index (κ3) is 4.50. The van der Waals surface area contributed by atoms with Crippen LogP contribution in [-0.4, -0.2) is 59.6 Å². The lowest BCUT2D eigenvalue weighted by Gasteiger charge is -2.56. The summed E-state index contributed by atoms with van der Waals surface area (Å²) in [6, 6.07) is 5.41. The van der Waals surface area contributed by atoms with Gasteiger partial charge < -0.3 is 24.6 Å². The van der Waals surface area contributed by atoms with Gasteiger partial charge in [-0.05, 0) is 58.9 Å². The van der Waals surface area contributed by atoms with Crippen LogP contribution in [0, 0.1) is 26.2 Å². The lowest BCUT2D eigenvalue weighted by Crippen LogP contribution is -2.60. The number of aliphatic hydroxyl groups is 1. The van der Waals surface area contributed by atoms with Gasteiger partial charge in [-0.25, -0.2) is 9.97 Å². The minimum absolute atomic E-state index is 0.169. The van der Waals surface area contributed by atoms with Gasteiger partial charge in [0.1, 0.15) is 30.0 Å². The predicted octanol–water partition coefficient (Wildman–Crippen LogP) is 4.33. The van der Waals surface area contributed by atoms with E-state index in [0.717, 1.165) is 47.2 Å². The summed E-state index contributed by atoms with van der Waals surface area (Å²) in [4.78, 5) is 12.3. The van der Waals surface area contributed by atoms with Crippen LogP contribution in [0.5, 0.6) is 5.75 Å². The molecule has 8 nitrogen and oxygen atoms in total. The Balaban J connectivity index is 1.55. The number of nitrogens with one attached hydrogen (secondary N) is 1. The molecule has 5 rings (SSSR count). The molecule has 1 saturated heterocycles. The maximum atomic E-state index is 10.0. The molecule has 1 aliphatic heterocycles. The van der Waals surface area contributed by atoms with E-state index in [0.29, 0.717) is 34.1 Å². The molecule has 2 fully saturated rings. The molecular formula is C26H32ClN5O3. The molecular weight excluding hydrogens is 466 g/mol. The Labute approximate surface area is 210 Å². The molecule has 1 aromatic carbocycles. The van der Waals surface area contributed by atoms with Gasteiger partial charge >= 0.3 is 0 Å².